The molecule has 2 aromatic carbocycles. The summed E-state index contributed by atoms with van der Waals surface area (Å²) < 4.78 is 50.8. The van der Waals surface area contributed by atoms with Crippen LogP contribution in [-0.4, -0.2) is 27.0 Å². The topological polar surface area (TPSA) is 51.6 Å². The van der Waals surface area contributed by atoms with Crippen molar-refractivity contribution in [1.82, 2.24) is 17.5 Å². The van der Waals surface area contributed by atoms with E-state index in [0.29, 0.717) is 31.7 Å². The van der Waals surface area contributed by atoms with Crippen LogP contribution in [0.15, 0.2) is 83.6 Å². The Bertz CT molecular complexity index is 2740. The number of fused-ring (bicyclic) bond motifs is 5. The van der Waals surface area contributed by atoms with Crippen LogP contribution in [0.3, 0.4) is 0 Å². The second kappa shape index (κ2) is 11.9. The van der Waals surface area contributed by atoms with Crippen molar-refractivity contribution in [2.75, 3.05) is 0 Å². The van der Waals surface area contributed by atoms with E-state index in [4.69, 9.17) is 0 Å². The molecule has 0 bridgehead atoms. The number of halogens is 2. The van der Waals surface area contributed by atoms with Crippen LogP contribution >= 0.6 is 91.5 Å². The first-order chi connectivity index (χ1) is 25.1. The zero-order valence-electron chi connectivity index (χ0n) is 25.4. The van der Waals surface area contributed by atoms with Crippen molar-refractivity contribution in [3.05, 3.63) is 95.2 Å². The van der Waals surface area contributed by atoms with Gasteiger partial charge in [-0.2, -0.15) is 17.5 Å². The predicted octanol–water partition coefficient (Wildman–Crippen LogP) is 12.0. The van der Waals surface area contributed by atoms with Gasteiger partial charge in [-0.05, 0) is 81.8 Å². The second-order valence-electron chi connectivity index (χ2n) is 11.6. The molecule has 1 aliphatic heterocycles. The SMILES string of the molecule is Fc1cc(-c2ccc(-c3cccs3)s2)c2nsnc2c1-c1cc2c(s1)-c1sc(-c3c(F)cc(-c4ccc(-c5cccs5)s4)c4nsnc34)cc1[Si]2. The minimum absolute atomic E-state index is 0.305. The molecule has 0 saturated carbocycles. The first kappa shape index (κ1) is 30.9. The van der Waals surface area contributed by atoms with Crippen molar-refractivity contribution in [3.8, 4) is 71.0 Å². The average Bonchev–Trinajstić information content (AvgIpc) is 3.98. The number of aromatic nitrogens is 4. The molecule has 1 aliphatic rings. The van der Waals surface area contributed by atoms with Gasteiger partial charge in [0, 0.05) is 59.9 Å². The van der Waals surface area contributed by atoms with Gasteiger partial charge in [0.15, 0.2) is 0 Å². The van der Waals surface area contributed by atoms with Crippen LogP contribution in [0.2, 0.25) is 0 Å². The van der Waals surface area contributed by atoms with E-state index in [0.717, 1.165) is 84.6 Å². The molecule has 15 heteroatoms. The van der Waals surface area contributed by atoms with Gasteiger partial charge in [-0.3, -0.25) is 0 Å². The summed E-state index contributed by atoms with van der Waals surface area (Å²) in [5, 5.41) is 6.48. The van der Waals surface area contributed by atoms with E-state index in [1.165, 1.54) is 20.1 Å². The van der Waals surface area contributed by atoms with Crippen LogP contribution in [0.5, 0.6) is 0 Å². The fourth-order valence-electron chi connectivity index (χ4n) is 6.43. The number of benzene rings is 2. The molecule has 0 spiro atoms. The molecule has 0 amide bonds. The molecule has 0 saturated heterocycles. The van der Waals surface area contributed by atoms with E-state index < -0.39 is 0 Å². The molecule has 51 heavy (non-hydrogen) atoms. The van der Waals surface area contributed by atoms with Gasteiger partial charge >= 0.3 is 0 Å². The standard InChI is InChI=1S/C36H14F2N4S8Si/c37-17-11-15(19-5-7-23(45-19)21-3-1-9-43-21)31-33(41-49-39-31)29(17)25-13-27-35(47-25)36-28(51-27)14-26(48-36)30-18(38)12-16(32-34(30)42-50-40-32)20-6-8-24(46-20)22-4-2-10-44-22/h1-14H. The Kier molecular flexibility index (Phi) is 7.24. The van der Waals surface area contributed by atoms with Crippen LogP contribution in [-0.2, 0) is 0 Å². The third-order valence-corrected chi connectivity index (χ3v) is 18.3. The maximum atomic E-state index is 16.2. The first-order valence-corrected chi connectivity index (χ1v) is 22.8. The average molecular weight is 825 g/mol. The van der Waals surface area contributed by atoms with Crippen molar-refractivity contribution in [2.24, 2.45) is 0 Å². The molecule has 9 heterocycles. The van der Waals surface area contributed by atoms with Crippen LogP contribution in [0, 0.1) is 11.6 Å². The number of nitrogens with zero attached hydrogens (tertiary/aromatic N) is 4. The van der Waals surface area contributed by atoms with Gasteiger partial charge in [0.25, 0.3) is 0 Å². The quantitative estimate of drug-likeness (QED) is 0.157. The lowest BCUT2D eigenvalue weighted by molar-refractivity contribution is 0.633. The van der Waals surface area contributed by atoms with Gasteiger partial charge in [0.2, 0.25) is 0 Å². The summed E-state index contributed by atoms with van der Waals surface area (Å²) in [6.45, 7) is 0. The minimum atomic E-state index is -0.305. The lowest BCUT2D eigenvalue weighted by atomic mass is 10.0. The van der Waals surface area contributed by atoms with Gasteiger partial charge in [0.05, 0.1) is 34.6 Å². The Labute approximate surface area is 323 Å². The summed E-state index contributed by atoms with van der Waals surface area (Å²) in [5.74, 6) is -0.610. The van der Waals surface area contributed by atoms with Gasteiger partial charge in [0.1, 0.15) is 43.2 Å². The summed E-state index contributed by atoms with van der Waals surface area (Å²) in [6, 6.07) is 24.0. The van der Waals surface area contributed by atoms with Crippen molar-refractivity contribution in [1.29, 1.82) is 0 Å². The van der Waals surface area contributed by atoms with Crippen molar-refractivity contribution < 1.29 is 8.78 Å². The smallest absolute Gasteiger partial charge is 0.134 e. The molecule has 2 radical (unpaired) electrons. The molecular weight excluding hydrogens is 811 g/mol. The maximum Gasteiger partial charge on any atom is 0.134 e. The lowest BCUT2D eigenvalue weighted by Crippen LogP contribution is -2.18. The Hall–Kier alpha value is -3.64. The Morgan fingerprint density at radius 3 is 1.35 bits per heavy atom. The second-order valence-corrected chi connectivity index (χ2v) is 20.2. The highest BCUT2D eigenvalue weighted by Crippen LogP contribution is 2.48. The maximum absolute atomic E-state index is 16.2. The highest BCUT2D eigenvalue weighted by molar-refractivity contribution is 7.29. The number of rotatable bonds is 6. The minimum Gasteiger partial charge on any atom is -0.206 e. The molecule has 4 nitrogen and oxygen atoms in total. The Morgan fingerprint density at radius 1 is 0.451 bits per heavy atom. The zero-order valence-corrected chi connectivity index (χ0v) is 32.9. The molecule has 10 aromatic rings. The Balaban J connectivity index is 0.958. The van der Waals surface area contributed by atoms with E-state index in [2.05, 4.69) is 64.7 Å². The van der Waals surface area contributed by atoms with Crippen molar-refractivity contribution in [3.63, 3.8) is 0 Å². The molecular formula is C36H14F2N4S8Si. The number of hydrogen-bond donors (Lipinski definition) is 0. The van der Waals surface area contributed by atoms with Gasteiger partial charge < -0.3 is 0 Å². The van der Waals surface area contributed by atoms with E-state index in [1.54, 1.807) is 80.2 Å². The number of hydrogen-bond acceptors (Lipinski definition) is 12. The molecule has 0 unspecified atom stereocenters. The third-order valence-electron chi connectivity index (χ3n) is 8.68. The zero-order chi connectivity index (χ0) is 33.8. The van der Waals surface area contributed by atoms with Crippen molar-refractivity contribution >= 4 is 133 Å². The third kappa shape index (κ3) is 4.91. The molecule has 0 N–H and O–H groups in total. The highest BCUT2D eigenvalue weighted by atomic mass is 32.1. The molecule has 244 valence electrons. The molecule has 0 aliphatic carbocycles. The molecule has 0 fully saturated rings. The summed E-state index contributed by atoms with van der Waals surface area (Å²) in [6.07, 6.45) is 0. The summed E-state index contributed by atoms with van der Waals surface area (Å²) in [7, 11) is 0.393. The predicted molar refractivity (Wildman–Crippen MR) is 219 cm³/mol. The monoisotopic (exact) mass is 824 g/mol. The summed E-state index contributed by atoms with van der Waals surface area (Å²) >= 11 is 12.0. The largest absolute Gasteiger partial charge is 0.206 e. The fraction of sp³-hybridized carbons (Fsp3) is 0. The normalized spacial score (nSPS) is 12.4. The van der Waals surface area contributed by atoms with E-state index in [9.17, 15) is 0 Å². The van der Waals surface area contributed by atoms with Gasteiger partial charge in [-0.25, -0.2) is 8.78 Å². The van der Waals surface area contributed by atoms with E-state index >= 15 is 8.78 Å². The van der Waals surface area contributed by atoms with Crippen molar-refractivity contribution in [2.45, 2.75) is 0 Å². The lowest BCUT2D eigenvalue weighted by Gasteiger charge is -2.06. The van der Waals surface area contributed by atoms with E-state index in [1.807, 2.05) is 24.3 Å². The van der Waals surface area contributed by atoms with Crippen LogP contribution in [0.25, 0.3) is 93.1 Å². The first-order valence-electron chi connectivity index (χ1n) is 15.3. The summed E-state index contributed by atoms with van der Waals surface area (Å²) in [4.78, 5) is 10.5. The van der Waals surface area contributed by atoms with Gasteiger partial charge in [-0.15, -0.1) is 68.0 Å². The van der Waals surface area contributed by atoms with E-state index in [-0.39, 0.29) is 11.6 Å². The number of thiophene rings is 6. The van der Waals surface area contributed by atoms with Crippen LogP contribution in [0.1, 0.15) is 0 Å². The van der Waals surface area contributed by atoms with Crippen LogP contribution in [0.4, 0.5) is 8.78 Å². The Morgan fingerprint density at radius 2 is 0.902 bits per heavy atom. The summed E-state index contributed by atoms with van der Waals surface area (Å²) in [5.41, 5.74) is 5.13. The molecule has 8 aromatic heterocycles. The molecule has 11 rings (SSSR count). The van der Waals surface area contributed by atoms with Gasteiger partial charge in [-0.1, -0.05) is 12.1 Å². The fourth-order valence-corrected chi connectivity index (χ4v) is 15.9. The van der Waals surface area contributed by atoms with Crippen LogP contribution < -0.4 is 10.4 Å². The molecule has 0 atom stereocenters. The highest BCUT2D eigenvalue weighted by Gasteiger charge is 2.30.